The van der Waals surface area contributed by atoms with E-state index in [0.29, 0.717) is 17.5 Å². The number of anilines is 3. The first-order valence-electron chi connectivity index (χ1n) is 9.12. The third-order valence-electron chi connectivity index (χ3n) is 4.99. The first-order chi connectivity index (χ1) is 12.7. The number of likely N-dealkylation sites (tertiary alicyclic amines) is 1. The SMILES string of the molecule is O=C(C1CCCN1c1nccc(Nc2ccccc2F)n1)N1CCCC1. The molecule has 2 aliphatic heterocycles. The Morgan fingerprint density at radius 1 is 1.12 bits per heavy atom. The smallest absolute Gasteiger partial charge is 0.245 e. The van der Waals surface area contributed by atoms with Crippen molar-refractivity contribution >= 4 is 23.4 Å². The lowest BCUT2D eigenvalue weighted by atomic mass is 10.2. The van der Waals surface area contributed by atoms with Crippen molar-refractivity contribution in [1.82, 2.24) is 14.9 Å². The predicted molar refractivity (Wildman–Crippen MR) is 97.9 cm³/mol. The van der Waals surface area contributed by atoms with E-state index in [2.05, 4.69) is 15.3 Å². The highest BCUT2D eigenvalue weighted by atomic mass is 19.1. The highest BCUT2D eigenvalue weighted by Crippen LogP contribution is 2.26. The Bertz CT molecular complexity index is 793. The van der Waals surface area contributed by atoms with Gasteiger partial charge in [-0.05, 0) is 43.9 Å². The molecule has 2 aromatic rings. The maximum atomic E-state index is 13.9. The molecule has 1 aromatic heterocycles. The lowest BCUT2D eigenvalue weighted by Gasteiger charge is -2.27. The van der Waals surface area contributed by atoms with Crippen molar-refractivity contribution in [3.05, 3.63) is 42.3 Å². The Morgan fingerprint density at radius 2 is 1.92 bits per heavy atom. The van der Waals surface area contributed by atoms with Gasteiger partial charge in [0.1, 0.15) is 17.7 Å². The van der Waals surface area contributed by atoms with Gasteiger partial charge in [-0.25, -0.2) is 9.37 Å². The molecule has 4 rings (SSSR count). The van der Waals surface area contributed by atoms with Crippen LogP contribution in [-0.2, 0) is 4.79 Å². The van der Waals surface area contributed by atoms with Gasteiger partial charge in [0.2, 0.25) is 11.9 Å². The largest absolute Gasteiger partial charge is 0.341 e. The van der Waals surface area contributed by atoms with E-state index in [9.17, 15) is 9.18 Å². The van der Waals surface area contributed by atoms with Gasteiger partial charge in [0, 0.05) is 25.8 Å². The fourth-order valence-electron chi connectivity index (χ4n) is 3.67. The predicted octanol–water partition coefficient (Wildman–Crippen LogP) is 2.95. The molecule has 7 heteroatoms. The number of hydrogen-bond acceptors (Lipinski definition) is 5. The average Bonchev–Trinajstić information content (AvgIpc) is 3.35. The van der Waals surface area contributed by atoms with Crippen LogP contribution >= 0.6 is 0 Å². The van der Waals surface area contributed by atoms with Crippen molar-refractivity contribution in [2.75, 3.05) is 29.9 Å². The van der Waals surface area contributed by atoms with Crippen molar-refractivity contribution in [3.8, 4) is 0 Å². The molecule has 1 N–H and O–H groups in total. The Kier molecular flexibility index (Phi) is 4.69. The fourth-order valence-corrected chi connectivity index (χ4v) is 3.67. The molecule has 26 heavy (non-hydrogen) atoms. The first-order valence-corrected chi connectivity index (χ1v) is 9.12. The second kappa shape index (κ2) is 7.27. The zero-order chi connectivity index (χ0) is 17.9. The number of hydrogen-bond donors (Lipinski definition) is 1. The molecule has 1 aromatic carbocycles. The number of benzene rings is 1. The molecule has 6 nitrogen and oxygen atoms in total. The maximum absolute atomic E-state index is 13.9. The van der Waals surface area contributed by atoms with Gasteiger partial charge in [0.05, 0.1) is 5.69 Å². The quantitative estimate of drug-likeness (QED) is 0.914. The number of carbonyl (C=O) groups excluding carboxylic acids is 1. The van der Waals surface area contributed by atoms with Crippen LogP contribution in [0.5, 0.6) is 0 Å². The van der Waals surface area contributed by atoms with Crippen molar-refractivity contribution in [3.63, 3.8) is 0 Å². The van der Waals surface area contributed by atoms with E-state index in [0.717, 1.165) is 45.3 Å². The van der Waals surface area contributed by atoms with Crippen molar-refractivity contribution in [1.29, 1.82) is 0 Å². The van der Waals surface area contributed by atoms with Crippen molar-refractivity contribution in [2.45, 2.75) is 31.7 Å². The molecule has 1 atom stereocenters. The maximum Gasteiger partial charge on any atom is 0.245 e. The lowest BCUT2D eigenvalue weighted by Crippen LogP contribution is -2.45. The van der Waals surface area contributed by atoms with Crippen LogP contribution in [0, 0.1) is 5.82 Å². The Labute approximate surface area is 152 Å². The summed E-state index contributed by atoms with van der Waals surface area (Å²) in [5, 5.41) is 2.99. The Hall–Kier alpha value is -2.70. The summed E-state index contributed by atoms with van der Waals surface area (Å²) in [4.78, 5) is 25.6. The van der Waals surface area contributed by atoms with Crippen LogP contribution < -0.4 is 10.2 Å². The summed E-state index contributed by atoms with van der Waals surface area (Å²) in [6.45, 7) is 2.45. The molecule has 2 saturated heterocycles. The summed E-state index contributed by atoms with van der Waals surface area (Å²) in [5.74, 6) is 0.868. The molecule has 2 fully saturated rings. The zero-order valence-electron chi connectivity index (χ0n) is 14.6. The van der Waals surface area contributed by atoms with Crippen LogP contribution in [-0.4, -0.2) is 46.5 Å². The van der Waals surface area contributed by atoms with Gasteiger partial charge in [0.25, 0.3) is 0 Å². The molecular weight excluding hydrogens is 333 g/mol. The molecule has 136 valence electrons. The van der Waals surface area contributed by atoms with E-state index < -0.39 is 0 Å². The molecule has 1 unspecified atom stereocenters. The highest BCUT2D eigenvalue weighted by Gasteiger charge is 2.36. The molecule has 0 bridgehead atoms. The number of nitrogens with one attached hydrogen (secondary N) is 1. The summed E-state index contributed by atoms with van der Waals surface area (Å²) in [6, 6.07) is 7.96. The van der Waals surface area contributed by atoms with Gasteiger partial charge < -0.3 is 15.1 Å². The van der Waals surface area contributed by atoms with E-state index in [1.807, 2.05) is 9.80 Å². The van der Waals surface area contributed by atoms with E-state index in [-0.39, 0.29) is 17.8 Å². The van der Waals surface area contributed by atoms with E-state index in [1.54, 1.807) is 30.5 Å². The van der Waals surface area contributed by atoms with Crippen LogP contribution in [0.4, 0.5) is 21.8 Å². The summed E-state index contributed by atoms with van der Waals surface area (Å²) in [5.41, 5.74) is 0.364. The molecule has 0 aliphatic carbocycles. The lowest BCUT2D eigenvalue weighted by molar-refractivity contribution is -0.131. The van der Waals surface area contributed by atoms with Gasteiger partial charge in [-0.2, -0.15) is 4.98 Å². The summed E-state index contributed by atoms with van der Waals surface area (Å²) in [7, 11) is 0. The normalized spacial score (nSPS) is 19.8. The summed E-state index contributed by atoms with van der Waals surface area (Å²) in [6.07, 6.45) is 5.57. The number of para-hydroxylation sites is 1. The molecule has 0 saturated carbocycles. The number of aromatic nitrogens is 2. The second-order valence-electron chi connectivity index (χ2n) is 6.73. The van der Waals surface area contributed by atoms with Crippen LogP contribution in [0.2, 0.25) is 0 Å². The number of amides is 1. The zero-order valence-corrected chi connectivity index (χ0v) is 14.6. The Balaban J connectivity index is 1.53. The fraction of sp³-hybridized carbons (Fsp3) is 0.421. The van der Waals surface area contributed by atoms with Crippen LogP contribution in [0.3, 0.4) is 0 Å². The van der Waals surface area contributed by atoms with E-state index in [4.69, 9.17) is 0 Å². The number of carbonyl (C=O) groups is 1. The minimum Gasteiger partial charge on any atom is -0.341 e. The summed E-state index contributed by atoms with van der Waals surface area (Å²) < 4.78 is 13.9. The standard InChI is InChI=1S/C19H22FN5O/c20-14-6-1-2-7-15(14)22-17-9-10-21-19(23-17)25-13-5-8-16(25)18(26)24-11-3-4-12-24/h1-2,6-7,9-10,16H,3-5,8,11-13H2,(H,21,22,23). The van der Waals surface area contributed by atoms with E-state index in [1.165, 1.54) is 6.07 Å². The Morgan fingerprint density at radius 3 is 2.73 bits per heavy atom. The average molecular weight is 355 g/mol. The minimum atomic E-state index is -0.337. The molecule has 0 spiro atoms. The third-order valence-corrected chi connectivity index (χ3v) is 4.99. The van der Waals surface area contributed by atoms with Crippen molar-refractivity contribution < 1.29 is 9.18 Å². The molecular formula is C19H22FN5O. The summed E-state index contributed by atoms with van der Waals surface area (Å²) >= 11 is 0. The van der Waals surface area contributed by atoms with Crippen molar-refractivity contribution in [2.24, 2.45) is 0 Å². The van der Waals surface area contributed by atoms with Gasteiger partial charge in [-0.15, -0.1) is 0 Å². The number of rotatable bonds is 4. The second-order valence-corrected chi connectivity index (χ2v) is 6.73. The van der Waals surface area contributed by atoms with Crippen LogP contribution in [0.25, 0.3) is 0 Å². The highest BCUT2D eigenvalue weighted by molar-refractivity contribution is 5.85. The van der Waals surface area contributed by atoms with Crippen LogP contribution in [0.15, 0.2) is 36.5 Å². The minimum absolute atomic E-state index is 0.177. The number of halogens is 1. The molecule has 3 heterocycles. The monoisotopic (exact) mass is 355 g/mol. The third kappa shape index (κ3) is 3.34. The molecule has 2 aliphatic rings. The number of nitrogens with zero attached hydrogens (tertiary/aromatic N) is 4. The van der Waals surface area contributed by atoms with Gasteiger partial charge >= 0.3 is 0 Å². The first kappa shape index (κ1) is 16.8. The molecule has 0 radical (unpaired) electrons. The topological polar surface area (TPSA) is 61.4 Å². The molecule has 1 amide bonds. The van der Waals surface area contributed by atoms with Gasteiger partial charge in [-0.3, -0.25) is 4.79 Å². The van der Waals surface area contributed by atoms with Gasteiger partial charge in [0.15, 0.2) is 0 Å². The van der Waals surface area contributed by atoms with E-state index >= 15 is 0 Å². The van der Waals surface area contributed by atoms with Crippen LogP contribution in [0.1, 0.15) is 25.7 Å². The van der Waals surface area contributed by atoms with Gasteiger partial charge in [-0.1, -0.05) is 12.1 Å².